The van der Waals surface area contributed by atoms with Gasteiger partial charge in [-0.15, -0.1) is 0 Å². The van der Waals surface area contributed by atoms with Crippen LogP contribution >= 0.6 is 0 Å². The molecule has 0 heterocycles. The Kier molecular flexibility index (Phi) is 5.36. The van der Waals surface area contributed by atoms with Crippen molar-refractivity contribution < 1.29 is 4.74 Å². The second-order valence-corrected chi connectivity index (χ2v) is 5.62. The van der Waals surface area contributed by atoms with E-state index in [9.17, 15) is 0 Å². The minimum atomic E-state index is -0.106. The van der Waals surface area contributed by atoms with E-state index in [-0.39, 0.29) is 5.60 Å². The van der Waals surface area contributed by atoms with E-state index in [4.69, 9.17) is 4.74 Å². The standard InChI is InChI=1S/C16H27NO/c1-7-17-15(11-16(4,5)18-6)14-9-8-12(2)13(3)10-14/h8-10,15,17H,7,11H2,1-6H3. The molecule has 0 amide bonds. The zero-order valence-corrected chi connectivity index (χ0v) is 12.6. The van der Waals surface area contributed by atoms with Crippen LogP contribution in [0.15, 0.2) is 18.2 Å². The molecule has 18 heavy (non-hydrogen) atoms. The average molecular weight is 249 g/mol. The Labute approximate surface area is 112 Å². The fourth-order valence-corrected chi connectivity index (χ4v) is 2.11. The molecular weight excluding hydrogens is 222 g/mol. The molecule has 0 spiro atoms. The van der Waals surface area contributed by atoms with Gasteiger partial charge in [0.15, 0.2) is 0 Å². The molecule has 0 saturated heterocycles. The van der Waals surface area contributed by atoms with Gasteiger partial charge in [-0.1, -0.05) is 25.1 Å². The van der Waals surface area contributed by atoms with E-state index >= 15 is 0 Å². The maximum atomic E-state index is 5.55. The van der Waals surface area contributed by atoms with Gasteiger partial charge in [0.25, 0.3) is 0 Å². The van der Waals surface area contributed by atoms with Gasteiger partial charge in [-0.3, -0.25) is 0 Å². The van der Waals surface area contributed by atoms with Crippen molar-refractivity contribution in [2.75, 3.05) is 13.7 Å². The first-order chi connectivity index (χ1) is 8.39. The maximum Gasteiger partial charge on any atom is 0.0640 e. The minimum absolute atomic E-state index is 0.106. The Balaban J connectivity index is 2.93. The summed E-state index contributed by atoms with van der Waals surface area (Å²) in [5, 5.41) is 3.56. The fourth-order valence-electron chi connectivity index (χ4n) is 2.11. The summed E-state index contributed by atoms with van der Waals surface area (Å²) >= 11 is 0. The number of benzene rings is 1. The van der Waals surface area contributed by atoms with E-state index in [1.54, 1.807) is 7.11 Å². The van der Waals surface area contributed by atoms with Gasteiger partial charge in [0, 0.05) is 13.2 Å². The van der Waals surface area contributed by atoms with E-state index < -0.39 is 0 Å². The molecule has 0 saturated carbocycles. The number of nitrogens with one attached hydrogen (secondary N) is 1. The second-order valence-electron chi connectivity index (χ2n) is 5.62. The van der Waals surface area contributed by atoms with Crippen molar-refractivity contribution >= 4 is 0 Å². The molecule has 0 aliphatic carbocycles. The number of hydrogen-bond donors (Lipinski definition) is 1. The molecule has 1 unspecified atom stereocenters. The molecule has 0 fully saturated rings. The number of ether oxygens (including phenoxy) is 1. The highest BCUT2D eigenvalue weighted by Gasteiger charge is 2.23. The molecule has 0 radical (unpaired) electrons. The largest absolute Gasteiger partial charge is 0.379 e. The van der Waals surface area contributed by atoms with Crippen LogP contribution in [0.4, 0.5) is 0 Å². The first-order valence-corrected chi connectivity index (χ1v) is 6.75. The van der Waals surface area contributed by atoms with Crippen LogP contribution < -0.4 is 5.32 Å². The van der Waals surface area contributed by atoms with Crippen LogP contribution in [0.25, 0.3) is 0 Å². The lowest BCUT2D eigenvalue weighted by Crippen LogP contribution is -2.32. The van der Waals surface area contributed by atoms with Crippen LogP contribution in [0.5, 0.6) is 0 Å². The minimum Gasteiger partial charge on any atom is -0.379 e. The summed E-state index contributed by atoms with van der Waals surface area (Å²) in [6.45, 7) is 11.7. The number of rotatable bonds is 6. The van der Waals surface area contributed by atoms with Gasteiger partial charge in [-0.25, -0.2) is 0 Å². The summed E-state index contributed by atoms with van der Waals surface area (Å²) in [7, 11) is 1.78. The highest BCUT2D eigenvalue weighted by atomic mass is 16.5. The SMILES string of the molecule is CCNC(CC(C)(C)OC)c1ccc(C)c(C)c1. The molecule has 1 aromatic rings. The predicted octanol–water partition coefficient (Wildman–Crippen LogP) is 3.77. The number of hydrogen-bond acceptors (Lipinski definition) is 2. The lowest BCUT2D eigenvalue weighted by Gasteiger charge is -2.29. The Morgan fingerprint density at radius 2 is 1.89 bits per heavy atom. The molecule has 1 rings (SSSR count). The first kappa shape index (κ1) is 15.2. The average Bonchev–Trinajstić information content (AvgIpc) is 2.32. The Hall–Kier alpha value is -0.860. The molecule has 0 aromatic heterocycles. The fraction of sp³-hybridized carbons (Fsp3) is 0.625. The zero-order valence-electron chi connectivity index (χ0n) is 12.6. The Bertz CT molecular complexity index is 385. The quantitative estimate of drug-likeness (QED) is 0.828. The van der Waals surface area contributed by atoms with Gasteiger partial charge in [-0.05, 0) is 57.4 Å². The van der Waals surface area contributed by atoms with E-state index in [1.165, 1.54) is 16.7 Å². The van der Waals surface area contributed by atoms with Crippen LogP contribution in [0, 0.1) is 13.8 Å². The summed E-state index contributed by atoms with van der Waals surface area (Å²) in [6, 6.07) is 7.06. The molecule has 0 aliphatic heterocycles. The molecule has 2 heteroatoms. The van der Waals surface area contributed by atoms with Crippen molar-refractivity contribution in [2.24, 2.45) is 0 Å². The van der Waals surface area contributed by atoms with E-state index in [2.05, 4.69) is 58.1 Å². The molecule has 1 aromatic carbocycles. The number of methoxy groups -OCH3 is 1. The summed E-state index contributed by atoms with van der Waals surface area (Å²) in [5.41, 5.74) is 3.95. The first-order valence-electron chi connectivity index (χ1n) is 6.75. The van der Waals surface area contributed by atoms with Gasteiger partial charge in [-0.2, -0.15) is 0 Å². The molecule has 1 atom stereocenters. The van der Waals surface area contributed by atoms with Crippen molar-refractivity contribution in [1.29, 1.82) is 0 Å². The van der Waals surface area contributed by atoms with Crippen LogP contribution in [0.1, 0.15) is 49.9 Å². The van der Waals surface area contributed by atoms with Crippen molar-refractivity contribution in [3.05, 3.63) is 34.9 Å². The third-order valence-corrected chi connectivity index (χ3v) is 3.63. The molecular formula is C16H27NO. The summed E-state index contributed by atoms with van der Waals surface area (Å²) in [4.78, 5) is 0. The molecule has 0 bridgehead atoms. The third-order valence-electron chi connectivity index (χ3n) is 3.63. The zero-order chi connectivity index (χ0) is 13.8. The van der Waals surface area contributed by atoms with Crippen molar-refractivity contribution in [1.82, 2.24) is 5.32 Å². The van der Waals surface area contributed by atoms with Crippen LogP contribution in [-0.4, -0.2) is 19.3 Å². The van der Waals surface area contributed by atoms with Gasteiger partial charge in [0.05, 0.1) is 5.60 Å². The molecule has 1 N–H and O–H groups in total. The lowest BCUT2D eigenvalue weighted by atomic mass is 9.92. The van der Waals surface area contributed by atoms with Crippen LogP contribution in [0.2, 0.25) is 0 Å². The van der Waals surface area contributed by atoms with Crippen LogP contribution in [0.3, 0.4) is 0 Å². The molecule has 0 aliphatic rings. The van der Waals surface area contributed by atoms with Gasteiger partial charge in [0.1, 0.15) is 0 Å². The lowest BCUT2D eigenvalue weighted by molar-refractivity contribution is 0.00697. The molecule has 102 valence electrons. The normalized spacial score (nSPS) is 13.7. The Morgan fingerprint density at radius 3 is 2.39 bits per heavy atom. The van der Waals surface area contributed by atoms with E-state index in [0.717, 1.165) is 13.0 Å². The van der Waals surface area contributed by atoms with E-state index in [0.29, 0.717) is 6.04 Å². The summed E-state index contributed by atoms with van der Waals surface area (Å²) < 4.78 is 5.55. The monoisotopic (exact) mass is 249 g/mol. The smallest absolute Gasteiger partial charge is 0.0640 e. The highest BCUT2D eigenvalue weighted by Crippen LogP contribution is 2.27. The second kappa shape index (κ2) is 6.35. The van der Waals surface area contributed by atoms with Gasteiger partial charge >= 0.3 is 0 Å². The topological polar surface area (TPSA) is 21.3 Å². The van der Waals surface area contributed by atoms with Crippen LogP contribution in [-0.2, 0) is 4.74 Å². The van der Waals surface area contributed by atoms with E-state index in [1.807, 2.05) is 0 Å². The molecule has 2 nitrogen and oxygen atoms in total. The number of aryl methyl sites for hydroxylation is 2. The van der Waals surface area contributed by atoms with Crippen molar-refractivity contribution in [2.45, 2.75) is 52.7 Å². The third kappa shape index (κ3) is 4.11. The highest BCUT2D eigenvalue weighted by molar-refractivity contribution is 5.31. The summed E-state index contributed by atoms with van der Waals surface area (Å²) in [6.07, 6.45) is 0.972. The predicted molar refractivity (Wildman–Crippen MR) is 78.0 cm³/mol. The maximum absolute atomic E-state index is 5.55. The van der Waals surface area contributed by atoms with Crippen molar-refractivity contribution in [3.63, 3.8) is 0 Å². The summed E-state index contributed by atoms with van der Waals surface area (Å²) in [5.74, 6) is 0. The van der Waals surface area contributed by atoms with Gasteiger partial charge < -0.3 is 10.1 Å². The van der Waals surface area contributed by atoms with Gasteiger partial charge in [0.2, 0.25) is 0 Å². The Morgan fingerprint density at radius 1 is 1.22 bits per heavy atom. The van der Waals surface area contributed by atoms with Crippen molar-refractivity contribution in [3.8, 4) is 0 Å².